The fraction of sp³-hybridized carbons (Fsp3) is 0.154. The van der Waals surface area contributed by atoms with Crippen LogP contribution in [0.15, 0.2) is 79.4 Å². The first-order chi connectivity index (χ1) is 15.0. The second kappa shape index (κ2) is 9.97. The molecule has 4 nitrogen and oxygen atoms in total. The van der Waals surface area contributed by atoms with Gasteiger partial charge < -0.3 is 4.74 Å². The van der Waals surface area contributed by atoms with E-state index < -0.39 is 0 Å². The van der Waals surface area contributed by atoms with Gasteiger partial charge in [-0.2, -0.15) is 10.4 Å². The van der Waals surface area contributed by atoms with Gasteiger partial charge in [-0.25, -0.2) is 0 Å². The lowest BCUT2D eigenvalue weighted by Gasteiger charge is -2.09. The average molecular weight is 430 g/mol. The Morgan fingerprint density at radius 2 is 1.94 bits per heavy atom. The molecule has 3 rings (SSSR count). The minimum Gasteiger partial charge on any atom is -0.489 e. The first-order valence-electron chi connectivity index (χ1n) is 9.86. The van der Waals surface area contributed by atoms with Gasteiger partial charge in [-0.1, -0.05) is 61.2 Å². The number of aryl methyl sites for hydroxylation is 1. The number of nitrogens with zero attached hydrogens (tertiary/aromatic N) is 3. The Hall–Kier alpha value is -3.55. The van der Waals surface area contributed by atoms with Gasteiger partial charge in [0.05, 0.1) is 22.8 Å². The third-order valence-electron chi connectivity index (χ3n) is 5.02. The quantitative estimate of drug-likeness (QED) is 0.388. The smallest absolute Gasteiger partial charge is 0.119 e. The second-order valence-corrected chi connectivity index (χ2v) is 7.53. The molecule has 0 spiro atoms. The molecule has 0 saturated carbocycles. The highest BCUT2D eigenvalue weighted by Crippen LogP contribution is 2.30. The number of aromatic nitrogens is 2. The van der Waals surface area contributed by atoms with Crippen molar-refractivity contribution in [3.05, 3.63) is 107 Å². The van der Waals surface area contributed by atoms with Crippen LogP contribution in [-0.2, 0) is 6.54 Å². The molecule has 0 radical (unpaired) electrons. The molecule has 0 fully saturated rings. The van der Waals surface area contributed by atoms with Crippen molar-refractivity contribution in [3.63, 3.8) is 0 Å². The highest BCUT2D eigenvalue weighted by Gasteiger charge is 2.15. The molecule has 0 atom stereocenters. The second-order valence-electron chi connectivity index (χ2n) is 7.12. The largest absolute Gasteiger partial charge is 0.489 e. The van der Waals surface area contributed by atoms with E-state index in [2.05, 4.69) is 19.2 Å². The van der Waals surface area contributed by atoms with Crippen molar-refractivity contribution in [2.45, 2.75) is 20.4 Å². The predicted octanol–water partition coefficient (Wildman–Crippen LogP) is 6.42. The lowest BCUT2D eigenvalue weighted by molar-refractivity contribution is 0.355. The molecule has 0 N–H and O–H groups in total. The summed E-state index contributed by atoms with van der Waals surface area (Å²) in [5, 5.41) is 14.3. The molecule has 3 aromatic rings. The van der Waals surface area contributed by atoms with Gasteiger partial charge in [-0.05, 0) is 54.8 Å². The van der Waals surface area contributed by atoms with Gasteiger partial charge in [-0.15, -0.1) is 0 Å². The summed E-state index contributed by atoms with van der Waals surface area (Å²) in [5.41, 5.74) is 6.52. The maximum absolute atomic E-state index is 9.10. The fourth-order valence-corrected chi connectivity index (χ4v) is 3.61. The topological polar surface area (TPSA) is 50.8 Å². The minimum atomic E-state index is 0.447. The van der Waals surface area contributed by atoms with Crippen LogP contribution in [0, 0.1) is 25.2 Å². The van der Waals surface area contributed by atoms with Crippen LogP contribution in [0.1, 0.15) is 22.5 Å². The molecule has 0 aliphatic heterocycles. The molecule has 1 aromatic heterocycles. The van der Waals surface area contributed by atoms with Crippen molar-refractivity contribution in [3.8, 4) is 22.9 Å². The Bertz CT molecular complexity index is 1180. The van der Waals surface area contributed by atoms with E-state index >= 15 is 0 Å². The summed E-state index contributed by atoms with van der Waals surface area (Å²) >= 11 is 6.23. The van der Waals surface area contributed by atoms with E-state index in [9.17, 15) is 0 Å². The van der Waals surface area contributed by atoms with E-state index in [4.69, 9.17) is 26.7 Å². The monoisotopic (exact) mass is 429 g/mol. The highest BCUT2D eigenvalue weighted by molar-refractivity contribution is 6.32. The van der Waals surface area contributed by atoms with Crippen LogP contribution in [0.2, 0.25) is 5.02 Å². The minimum absolute atomic E-state index is 0.447. The van der Waals surface area contributed by atoms with Gasteiger partial charge in [0.15, 0.2) is 0 Å². The summed E-state index contributed by atoms with van der Waals surface area (Å²) in [5.74, 6) is 0.793. The summed E-state index contributed by atoms with van der Waals surface area (Å²) in [4.78, 5) is 0. The molecule has 0 unspecified atom stereocenters. The number of nitriles is 1. The van der Waals surface area contributed by atoms with Gasteiger partial charge in [0.2, 0.25) is 0 Å². The molecule has 0 aliphatic carbocycles. The molecule has 0 bridgehead atoms. The zero-order chi connectivity index (χ0) is 22.4. The highest BCUT2D eigenvalue weighted by atomic mass is 35.5. The number of rotatable bonds is 8. The predicted molar refractivity (Wildman–Crippen MR) is 126 cm³/mol. The van der Waals surface area contributed by atoms with Crippen LogP contribution in [0.4, 0.5) is 0 Å². The van der Waals surface area contributed by atoms with Crippen LogP contribution >= 0.6 is 11.6 Å². The molecule has 0 saturated heterocycles. The molecule has 0 amide bonds. The van der Waals surface area contributed by atoms with E-state index in [-0.39, 0.29) is 0 Å². The number of hydrogen-bond acceptors (Lipinski definition) is 3. The molecule has 2 aromatic carbocycles. The lowest BCUT2D eigenvalue weighted by atomic mass is 10.0. The van der Waals surface area contributed by atoms with E-state index in [0.717, 1.165) is 39.4 Å². The van der Waals surface area contributed by atoms with Crippen molar-refractivity contribution in [1.82, 2.24) is 9.78 Å². The van der Waals surface area contributed by atoms with Crippen molar-refractivity contribution < 1.29 is 4.74 Å². The summed E-state index contributed by atoms with van der Waals surface area (Å²) in [7, 11) is 0. The van der Waals surface area contributed by atoms with Crippen LogP contribution in [-0.4, -0.2) is 16.4 Å². The zero-order valence-electron chi connectivity index (χ0n) is 17.7. The third-order valence-corrected chi connectivity index (χ3v) is 5.33. The zero-order valence-corrected chi connectivity index (χ0v) is 18.5. The summed E-state index contributed by atoms with van der Waals surface area (Å²) in [6.07, 6.45) is 5.36. The van der Waals surface area contributed by atoms with Gasteiger partial charge in [0.1, 0.15) is 18.4 Å². The Morgan fingerprint density at radius 3 is 2.55 bits per heavy atom. The van der Waals surface area contributed by atoms with Crippen molar-refractivity contribution >= 4 is 11.6 Å². The SMILES string of the molecule is C=C/C=C(\C=C)COc1ccc(Cn2nc(C)c(-c3ccc(C#N)c(Cl)c3)c2C)cc1. The van der Waals surface area contributed by atoms with Crippen molar-refractivity contribution in [1.29, 1.82) is 5.26 Å². The van der Waals surface area contributed by atoms with Crippen LogP contribution < -0.4 is 4.74 Å². The summed E-state index contributed by atoms with van der Waals surface area (Å²) < 4.78 is 7.79. The first kappa shape index (κ1) is 22.1. The van der Waals surface area contributed by atoms with Gasteiger partial charge in [0.25, 0.3) is 0 Å². The van der Waals surface area contributed by atoms with Crippen molar-refractivity contribution in [2.75, 3.05) is 6.61 Å². The number of allylic oxidation sites excluding steroid dienone is 2. The molecular formula is C26H24ClN3O. The van der Waals surface area contributed by atoms with Crippen LogP contribution in [0.5, 0.6) is 5.75 Å². The number of benzene rings is 2. The van der Waals surface area contributed by atoms with Gasteiger partial charge >= 0.3 is 0 Å². The number of ether oxygens (including phenoxy) is 1. The third kappa shape index (κ3) is 5.14. The van der Waals surface area contributed by atoms with E-state index in [0.29, 0.717) is 23.7 Å². The van der Waals surface area contributed by atoms with Crippen molar-refractivity contribution in [2.24, 2.45) is 0 Å². The van der Waals surface area contributed by atoms with Crippen LogP contribution in [0.3, 0.4) is 0 Å². The van der Waals surface area contributed by atoms with Gasteiger partial charge in [-0.3, -0.25) is 4.68 Å². The molecule has 0 aliphatic rings. The van der Waals surface area contributed by atoms with E-state index in [1.807, 2.05) is 61.0 Å². The molecule has 31 heavy (non-hydrogen) atoms. The number of halogens is 1. The number of hydrogen-bond donors (Lipinski definition) is 0. The standard InChI is InChI=1S/C26H24ClN3O/c1-5-7-20(6-2)17-31-24-12-8-21(9-13-24)16-30-19(4)26(18(3)29-30)22-10-11-23(15-28)25(27)14-22/h5-14H,1-2,16-17H2,3-4H3/b20-7+. The Balaban J connectivity index is 1.77. The molecular weight excluding hydrogens is 406 g/mol. The fourth-order valence-electron chi connectivity index (χ4n) is 3.39. The Labute approximate surface area is 188 Å². The molecule has 156 valence electrons. The van der Waals surface area contributed by atoms with E-state index in [1.165, 1.54) is 0 Å². The maximum atomic E-state index is 9.10. The average Bonchev–Trinajstić information content (AvgIpc) is 3.04. The van der Waals surface area contributed by atoms with E-state index in [1.54, 1.807) is 18.2 Å². The molecule has 5 heteroatoms. The normalized spacial score (nSPS) is 11.1. The first-order valence-corrected chi connectivity index (χ1v) is 10.2. The lowest BCUT2D eigenvalue weighted by Crippen LogP contribution is -2.04. The Kier molecular flexibility index (Phi) is 7.12. The summed E-state index contributed by atoms with van der Waals surface area (Å²) in [6.45, 7) is 12.6. The summed E-state index contributed by atoms with van der Waals surface area (Å²) in [6, 6.07) is 15.6. The Morgan fingerprint density at radius 1 is 1.19 bits per heavy atom. The van der Waals surface area contributed by atoms with Crippen LogP contribution in [0.25, 0.3) is 11.1 Å². The van der Waals surface area contributed by atoms with Gasteiger partial charge in [0, 0.05) is 11.3 Å². The maximum Gasteiger partial charge on any atom is 0.119 e. The molecule has 1 heterocycles.